The Morgan fingerprint density at radius 1 is 1.27 bits per heavy atom. The summed E-state index contributed by atoms with van der Waals surface area (Å²) >= 11 is 0. The zero-order valence-electron chi connectivity index (χ0n) is 8.59. The van der Waals surface area contributed by atoms with E-state index in [4.69, 9.17) is 5.73 Å². The van der Waals surface area contributed by atoms with Crippen molar-refractivity contribution in [3.05, 3.63) is 42.2 Å². The standard InChI is InChI=1S/C12H14N2O/c1-8(13)12(15)11-6-9-4-2-3-5-10(9)7-14-11/h2-8,12,15H,13H2,1H3. The number of aromatic nitrogens is 1. The lowest BCUT2D eigenvalue weighted by Crippen LogP contribution is -2.25. The molecule has 0 saturated carbocycles. The monoisotopic (exact) mass is 202 g/mol. The number of aliphatic hydroxyl groups excluding tert-OH is 1. The molecule has 1 heterocycles. The molecule has 3 heteroatoms. The maximum Gasteiger partial charge on any atom is 0.111 e. The maximum atomic E-state index is 9.77. The van der Waals surface area contributed by atoms with E-state index in [1.165, 1.54) is 0 Å². The molecule has 0 aliphatic rings. The molecule has 0 fully saturated rings. The van der Waals surface area contributed by atoms with Crippen LogP contribution in [0, 0.1) is 0 Å². The van der Waals surface area contributed by atoms with Gasteiger partial charge in [-0.15, -0.1) is 0 Å². The molecule has 15 heavy (non-hydrogen) atoms. The first-order valence-electron chi connectivity index (χ1n) is 4.97. The molecule has 78 valence electrons. The molecule has 0 aliphatic heterocycles. The van der Waals surface area contributed by atoms with Gasteiger partial charge in [0.05, 0.1) is 5.69 Å². The highest BCUT2D eigenvalue weighted by Gasteiger charge is 2.13. The van der Waals surface area contributed by atoms with Gasteiger partial charge in [0.15, 0.2) is 0 Å². The molecule has 2 aromatic rings. The lowest BCUT2D eigenvalue weighted by atomic mass is 10.1. The van der Waals surface area contributed by atoms with Gasteiger partial charge in [0.2, 0.25) is 0 Å². The summed E-state index contributed by atoms with van der Waals surface area (Å²) in [5, 5.41) is 11.9. The van der Waals surface area contributed by atoms with Crippen LogP contribution < -0.4 is 5.73 Å². The van der Waals surface area contributed by atoms with Crippen LogP contribution in [0.1, 0.15) is 18.7 Å². The first kappa shape index (κ1) is 10.1. The van der Waals surface area contributed by atoms with E-state index in [0.29, 0.717) is 5.69 Å². The number of fused-ring (bicyclic) bond motifs is 1. The van der Waals surface area contributed by atoms with Crippen molar-refractivity contribution >= 4 is 10.8 Å². The number of rotatable bonds is 2. The van der Waals surface area contributed by atoms with Crippen LogP contribution in [0.25, 0.3) is 10.8 Å². The minimum absolute atomic E-state index is 0.307. The minimum atomic E-state index is -0.699. The van der Waals surface area contributed by atoms with Crippen LogP contribution in [-0.4, -0.2) is 16.1 Å². The van der Waals surface area contributed by atoms with Crippen molar-refractivity contribution in [2.75, 3.05) is 0 Å². The van der Waals surface area contributed by atoms with E-state index in [-0.39, 0.29) is 6.04 Å². The summed E-state index contributed by atoms with van der Waals surface area (Å²) in [5.41, 5.74) is 6.25. The number of benzene rings is 1. The van der Waals surface area contributed by atoms with E-state index in [1.807, 2.05) is 30.3 Å². The van der Waals surface area contributed by atoms with Crippen LogP contribution in [0.15, 0.2) is 36.5 Å². The number of hydrogen-bond acceptors (Lipinski definition) is 3. The first-order chi connectivity index (χ1) is 7.18. The van der Waals surface area contributed by atoms with Crippen molar-refractivity contribution in [2.24, 2.45) is 5.73 Å². The highest BCUT2D eigenvalue weighted by molar-refractivity contribution is 5.81. The smallest absolute Gasteiger partial charge is 0.111 e. The molecule has 0 aliphatic carbocycles. The van der Waals surface area contributed by atoms with Gasteiger partial charge in [-0.1, -0.05) is 24.3 Å². The third kappa shape index (κ3) is 1.98. The van der Waals surface area contributed by atoms with E-state index in [9.17, 15) is 5.11 Å². The van der Waals surface area contributed by atoms with Crippen LogP contribution in [0.4, 0.5) is 0 Å². The Bertz CT molecular complexity index is 468. The zero-order valence-corrected chi connectivity index (χ0v) is 8.59. The van der Waals surface area contributed by atoms with Gasteiger partial charge in [-0.05, 0) is 18.4 Å². The van der Waals surface area contributed by atoms with Crippen molar-refractivity contribution in [3.63, 3.8) is 0 Å². The predicted molar refractivity (Wildman–Crippen MR) is 60.4 cm³/mol. The van der Waals surface area contributed by atoms with Gasteiger partial charge in [-0.25, -0.2) is 0 Å². The quantitative estimate of drug-likeness (QED) is 0.778. The fourth-order valence-corrected chi connectivity index (χ4v) is 1.53. The summed E-state index contributed by atoms with van der Waals surface area (Å²) in [6.45, 7) is 1.77. The SMILES string of the molecule is CC(N)C(O)c1cc2ccccc2cn1. The number of nitrogens with zero attached hydrogens (tertiary/aromatic N) is 1. The van der Waals surface area contributed by atoms with Crippen LogP contribution in [0.3, 0.4) is 0 Å². The molecule has 0 saturated heterocycles. The fraction of sp³-hybridized carbons (Fsp3) is 0.250. The summed E-state index contributed by atoms with van der Waals surface area (Å²) < 4.78 is 0. The molecule has 2 rings (SSSR count). The Morgan fingerprint density at radius 2 is 1.93 bits per heavy atom. The molecular weight excluding hydrogens is 188 g/mol. The van der Waals surface area contributed by atoms with Crippen molar-refractivity contribution in [1.29, 1.82) is 0 Å². The molecule has 3 nitrogen and oxygen atoms in total. The molecular formula is C12H14N2O. The van der Waals surface area contributed by atoms with Gasteiger partial charge in [-0.2, -0.15) is 0 Å². The molecule has 2 unspecified atom stereocenters. The summed E-state index contributed by atoms with van der Waals surface area (Å²) in [4.78, 5) is 4.20. The Morgan fingerprint density at radius 3 is 2.60 bits per heavy atom. The van der Waals surface area contributed by atoms with E-state index in [2.05, 4.69) is 4.98 Å². The van der Waals surface area contributed by atoms with Crippen molar-refractivity contribution < 1.29 is 5.11 Å². The lowest BCUT2D eigenvalue weighted by Gasteiger charge is -2.14. The van der Waals surface area contributed by atoms with Crippen molar-refractivity contribution in [3.8, 4) is 0 Å². The van der Waals surface area contributed by atoms with Gasteiger partial charge in [0.1, 0.15) is 6.10 Å². The lowest BCUT2D eigenvalue weighted by molar-refractivity contribution is 0.149. The van der Waals surface area contributed by atoms with Gasteiger partial charge < -0.3 is 10.8 Å². The van der Waals surface area contributed by atoms with E-state index < -0.39 is 6.10 Å². The van der Waals surface area contributed by atoms with Crippen molar-refractivity contribution in [1.82, 2.24) is 4.98 Å². The van der Waals surface area contributed by atoms with E-state index in [0.717, 1.165) is 10.8 Å². The molecule has 1 aromatic carbocycles. The molecule has 2 atom stereocenters. The van der Waals surface area contributed by atoms with Gasteiger partial charge in [-0.3, -0.25) is 4.98 Å². The summed E-state index contributed by atoms with van der Waals surface area (Å²) in [6, 6.07) is 9.48. The third-order valence-electron chi connectivity index (χ3n) is 2.45. The summed E-state index contributed by atoms with van der Waals surface area (Å²) in [5.74, 6) is 0. The second-order valence-electron chi connectivity index (χ2n) is 3.76. The van der Waals surface area contributed by atoms with E-state index >= 15 is 0 Å². The highest BCUT2D eigenvalue weighted by Crippen LogP contribution is 2.18. The highest BCUT2D eigenvalue weighted by atomic mass is 16.3. The molecule has 3 N–H and O–H groups in total. The van der Waals surface area contributed by atoms with Crippen LogP contribution in [-0.2, 0) is 0 Å². The van der Waals surface area contributed by atoms with Crippen LogP contribution in [0.5, 0.6) is 0 Å². The first-order valence-corrected chi connectivity index (χ1v) is 4.97. The van der Waals surface area contributed by atoms with Gasteiger partial charge in [0.25, 0.3) is 0 Å². The Labute approximate surface area is 88.6 Å². The summed E-state index contributed by atoms with van der Waals surface area (Å²) in [7, 11) is 0. The zero-order chi connectivity index (χ0) is 10.8. The number of pyridine rings is 1. The molecule has 0 bridgehead atoms. The average Bonchev–Trinajstić information content (AvgIpc) is 2.27. The Kier molecular flexibility index (Phi) is 2.66. The number of hydrogen-bond donors (Lipinski definition) is 2. The third-order valence-corrected chi connectivity index (χ3v) is 2.45. The van der Waals surface area contributed by atoms with Crippen molar-refractivity contribution in [2.45, 2.75) is 19.1 Å². The summed E-state index contributed by atoms with van der Waals surface area (Å²) in [6.07, 6.45) is 1.06. The second kappa shape index (κ2) is 3.96. The molecule has 0 amide bonds. The molecule has 0 spiro atoms. The number of nitrogens with two attached hydrogens (primary N) is 1. The van der Waals surface area contributed by atoms with Crippen LogP contribution in [0.2, 0.25) is 0 Å². The average molecular weight is 202 g/mol. The van der Waals surface area contributed by atoms with E-state index in [1.54, 1.807) is 13.1 Å². The fourth-order valence-electron chi connectivity index (χ4n) is 1.53. The Balaban J connectivity index is 2.47. The minimum Gasteiger partial charge on any atom is -0.385 e. The maximum absolute atomic E-state index is 9.77. The topological polar surface area (TPSA) is 59.1 Å². The normalized spacial score (nSPS) is 15.1. The Hall–Kier alpha value is -1.45. The second-order valence-corrected chi connectivity index (χ2v) is 3.76. The predicted octanol–water partition coefficient (Wildman–Crippen LogP) is 1.62. The van der Waals surface area contributed by atoms with Gasteiger partial charge >= 0.3 is 0 Å². The van der Waals surface area contributed by atoms with Gasteiger partial charge in [0, 0.05) is 17.6 Å². The molecule has 0 radical (unpaired) electrons. The number of aliphatic hydroxyl groups is 1. The van der Waals surface area contributed by atoms with Crippen LogP contribution >= 0.6 is 0 Å². The molecule has 1 aromatic heterocycles. The largest absolute Gasteiger partial charge is 0.385 e.